The van der Waals surface area contributed by atoms with Crippen LogP contribution in [0.3, 0.4) is 0 Å². The second-order valence-corrected chi connectivity index (χ2v) is 7.91. The largest absolute Gasteiger partial charge is 0.455 e. The Kier molecular flexibility index (Phi) is 7.77. The van der Waals surface area contributed by atoms with Crippen LogP contribution in [0.4, 0.5) is 24.5 Å². The minimum Gasteiger partial charge on any atom is -0.455 e. The van der Waals surface area contributed by atoms with Gasteiger partial charge in [-0.15, -0.1) is 0 Å². The number of amides is 3. The van der Waals surface area contributed by atoms with E-state index in [4.69, 9.17) is 16.3 Å². The minimum absolute atomic E-state index is 0.0318. The number of esters is 1. The van der Waals surface area contributed by atoms with Crippen molar-refractivity contribution in [2.75, 3.05) is 18.5 Å². The van der Waals surface area contributed by atoms with E-state index >= 15 is 0 Å². The molecule has 1 fully saturated rings. The molecule has 3 amide bonds. The van der Waals surface area contributed by atoms with Crippen LogP contribution >= 0.6 is 11.6 Å². The first kappa shape index (κ1) is 26.4. The van der Waals surface area contributed by atoms with Crippen molar-refractivity contribution in [3.8, 4) is 0 Å². The number of non-ortho nitro benzene ring substituents is 1. The molecule has 0 spiro atoms. The van der Waals surface area contributed by atoms with Gasteiger partial charge in [-0.1, -0.05) is 11.6 Å². The van der Waals surface area contributed by atoms with Crippen LogP contribution in [0.2, 0.25) is 5.02 Å². The smallest absolute Gasteiger partial charge is 0.416 e. The first-order valence-electron chi connectivity index (χ1n) is 10.0. The molecule has 0 saturated carbocycles. The summed E-state index contributed by atoms with van der Waals surface area (Å²) < 4.78 is 43.4. The Labute approximate surface area is 205 Å². The van der Waals surface area contributed by atoms with Gasteiger partial charge < -0.3 is 10.1 Å². The molecule has 36 heavy (non-hydrogen) atoms. The molecular weight excluding hydrogens is 513 g/mol. The molecule has 1 aliphatic heterocycles. The van der Waals surface area contributed by atoms with Crippen LogP contribution in [0.1, 0.15) is 22.3 Å². The standard InChI is InChI=1S/C21H16ClF3N4O7/c22-15-6-3-13(21(23,24)25)8-16(15)26-17(30)10-36-20(33)12-7-18(31)28(9-12)27-19(32)11-1-4-14(5-2-11)29(34)35/h1-6,8,12H,7,9-10H2,(H,26,30)(H,27,32)/t12-/m0/s1. The van der Waals surface area contributed by atoms with Crippen molar-refractivity contribution < 1.29 is 42.0 Å². The molecule has 3 rings (SSSR count). The maximum absolute atomic E-state index is 12.8. The Bertz CT molecular complexity index is 1220. The molecule has 0 aromatic heterocycles. The van der Waals surface area contributed by atoms with Crippen molar-refractivity contribution >= 4 is 46.7 Å². The van der Waals surface area contributed by atoms with Gasteiger partial charge in [0.2, 0.25) is 5.91 Å². The Hall–Kier alpha value is -4.20. The molecule has 0 unspecified atom stereocenters. The minimum atomic E-state index is -4.66. The summed E-state index contributed by atoms with van der Waals surface area (Å²) in [5.74, 6) is -4.30. The zero-order valence-electron chi connectivity index (χ0n) is 18.0. The van der Waals surface area contributed by atoms with Crippen LogP contribution in [-0.4, -0.2) is 46.8 Å². The van der Waals surface area contributed by atoms with Gasteiger partial charge in [0.25, 0.3) is 17.5 Å². The van der Waals surface area contributed by atoms with Crippen LogP contribution in [0, 0.1) is 16.0 Å². The number of hydrazine groups is 1. The van der Waals surface area contributed by atoms with Crippen molar-refractivity contribution in [1.29, 1.82) is 0 Å². The number of carbonyl (C=O) groups excluding carboxylic acids is 4. The lowest BCUT2D eigenvalue weighted by atomic mass is 10.1. The van der Waals surface area contributed by atoms with Crippen molar-refractivity contribution in [2.45, 2.75) is 12.6 Å². The van der Waals surface area contributed by atoms with Gasteiger partial charge in [-0.25, -0.2) is 0 Å². The van der Waals surface area contributed by atoms with E-state index in [-0.39, 0.29) is 34.9 Å². The normalized spacial score (nSPS) is 15.4. The lowest BCUT2D eigenvalue weighted by Crippen LogP contribution is -2.43. The van der Waals surface area contributed by atoms with Crippen molar-refractivity contribution in [3.05, 3.63) is 68.7 Å². The molecular formula is C21H16ClF3N4O7. The number of nitro groups is 1. The Morgan fingerprint density at radius 3 is 2.44 bits per heavy atom. The number of nitrogens with one attached hydrogen (secondary N) is 2. The predicted octanol–water partition coefficient (Wildman–Crippen LogP) is 2.94. The van der Waals surface area contributed by atoms with E-state index in [1.165, 1.54) is 12.1 Å². The monoisotopic (exact) mass is 528 g/mol. The van der Waals surface area contributed by atoms with E-state index in [2.05, 4.69) is 10.7 Å². The van der Waals surface area contributed by atoms with Gasteiger partial charge in [0.05, 0.1) is 33.7 Å². The fourth-order valence-electron chi connectivity index (χ4n) is 3.13. The van der Waals surface area contributed by atoms with E-state index in [9.17, 15) is 42.5 Å². The zero-order chi connectivity index (χ0) is 26.6. The number of benzene rings is 2. The lowest BCUT2D eigenvalue weighted by molar-refractivity contribution is -0.384. The predicted molar refractivity (Wildman–Crippen MR) is 116 cm³/mol. The highest BCUT2D eigenvalue weighted by molar-refractivity contribution is 6.33. The number of halogens is 4. The van der Waals surface area contributed by atoms with Crippen molar-refractivity contribution in [1.82, 2.24) is 10.4 Å². The molecule has 1 aliphatic rings. The fraction of sp³-hybridized carbons (Fsp3) is 0.238. The highest BCUT2D eigenvalue weighted by Crippen LogP contribution is 2.33. The number of ether oxygens (including phenoxy) is 1. The van der Waals surface area contributed by atoms with Crippen LogP contribution in [-0.2, 0) is 25.3 Å². The summed E-state index contributed by atoms with van der Waals surface area (Å²) in [5, 5.41) is 13.5. The number of carbonyl (C=O) groups is 4. The first-order valence-corrected chi connectivity index (χ1v) is 10.4. The van der Waals surface area contributed by atoms with Gasteiger partial charge in [0.1, 0.15) is 0 Å². The number of hydrogen-bond acceptors (Lipinski definition) is 7. The van der Waals surface area contributed by atoms with Crippen LogP contribution < -0.4 is 10.7 Å². The highest BCUT2D eigenvalue weighted by Gasteiger charge is 2.37. The summed E-state index contributed by atoms with van der Waals surface area (Å²) in [6, 6.07) is 6.92. The van der Waals surface area contributed by atoms with Gasteiger partial charge in [0.15, 0.2) is 6.61 Å². The third-order valence-electron chi connectivity index (χ3n) is 4.95. The maximum atomic E-state index is 12.8. The summed E-state index contributed by atoms with van der Waals surface area (Å²) in [4.78, 5) is 58.8. The fourth-order valence-corrected chi connectivity index (χ4v) is 3.30. The summed E-state index contributed by atoms with van der Waals surface area (Å²) in [6.07, 6.45) is -4.99. The van der Waals surface area contributed by atoms with E-state index in [0.717, 1.165) is 29.3 Å². The molecule has 190 valence electrons. The van der Waals surface area contributed by atoms with Crippen molar-refractivity contribution in [3.63, 3.8) is 0 Å². The SMILES string of the molecule is O=C(COC(=O)[C@H]1CC(=O)N(NC(=O)c2ccc([N+](=O)[O-])cc2)C1)Nc1cc(C(F)(F)F)ccc1Cl. The Morgan fingerprint density at radius 1 is 1.17 bits per heavy atom. The molecule has 2 aromatic carbocycles. The quantitative estimate of drug-likeness (QED) is 0.319. The van der Waals surface area contributed by atoms with Gasteiger partial charge in [-0.3, -0.25) is 39.7 Å². The average molecular weight is 529 g/mol. The van der Waals surface area contributed by atoms with Gasteiger partial charge >= 0.3 is 12.1 Å². The van der Waals surface area contributed by atoms with Crippen molar-refractivity contribution in [2.24, 2.45) is 5.92 Å². The van der Waals surface area contributed by atoms with Crippen LogP contribution in [0.15, 0.2) is 42.5 Å². The Morgan fingerprint density at radius 2 is 1.83 bits per heavy atom. The van der Waals surface area contributed by atoms with E-state index in [1.54, 1.807) is 0 Å². The van der Waals surface area contributed by atoms with E-state index < -0.39 is 52.9 Å². The first-order chi connectivity index (χ1) is 16.8. The van der Waals surface area contributed by atoms with Crippen LogP contribution in [0.25, 0.3) is 0 Å². The third kappa shape index (κ3) is 6.47. The number of rotatable bonds is 7. The third-order valence-corrected chi connectivity index (χ3v) is 5.28. The number of alkyl halides is 3. The summed E-state index contributed by atoms with van der Waals surface area (Å²) in [7, 11) is 0. The second-order valence-electron chi connectivity index (χ2n) is 7.50. The molecule has 1 atom stereocenters. The van der Waals surface area contributed by atoms with E-state index in [1.807, 2.05) is 0 Å². The van der Waals surface area contributed by atoms with Crippen LogP contribution in [0.5, 0.6) is 0 Å². The number of nitro benzene ring substituents is 1. The topological polar surface area (TPSA) is 148 Å². The Balaban J connectivity index is 1.52. The molecule has 0 bridgehead atoms. The molecule has 2 aromatic rings. The second kappa shape index (κ2) is 10.6. The average Bonchev–Trinajstić information content (AvgIpc) is 3.18. The molecule has 1 heterocycles. The number of anilines is 1. The molecule has 0 aliphatic carbocycles. The zero-order valence-corrected chi connectivity index (χ0v) is 18.8. The molecule has 0 radical (unpaired) electrons. The number of hydrogen-bond donors (Lipinski definition) is 2. The molecule has 2 N–H and O–H groups in total. The molecule has 15 heteroatoms. The van der Waals surface area contributed by atoms with E-state index in [0.29, 0.717) is 6.07 Å². The van der Waals surface area contributed by atoms with Gasteiger partial charge in [-0.2, -0.15) is 13.2 Å². The van der Waals surface area contributed by atoms with Gasteiger partial charge in [0, 0.05) is 24.1 Å². The molecule has 11 nitrogen and oxygen atoms in total. The highest BCUT2D eigenvalue weighted by atomic mass is 35.5. The summed E-state index contributed by atoms with van der Waals surface area (Å²) in [6.45, 7) is -1.12. The number of nitrogens with zero attached hydrogens (tertiary/aromatic N) is 2. The summed E-state index contributed by atoms with van der Waals surface area (Å²) >= 11 is 5.80. The lowest BCUT2D eigenvalue weighted by Gasteiger charge is -2.17. The molecule has 1 saturated heterocycles. The van der Waals surface area contributed by atoms with Gasteiger partial charge in [-0.05, 0) is 30.3 Å². The summed E-state index contributed by atoms with van der Waals surface area (Å²) in [5.41, 5.74) is 0.710. The maximum Gasteiger partial charge on any atom is 0.416 e.